The zero-order valence-corrected chi connectivity index (χ0v) is 12.3. The molecule has 0 bridgehead atoms. The van der Waals surface area contributed by atoms with Gasteiger partial charge in [-0.2, -0.15) is 0 Å². The van der Waals surface area contributed by atoms with E-state index in [9.17, 15) is 4.79 Å². The van der Waals surface area contributed by atoms with Crippen LogP contribution >= 0.6 is 0 Å². The lowest BCUT2D eigenvalue weighted by Gasteiger charge is -2.37. The third kappa shape index (κ3) is 3.93. The number of rotatable bonds is 3. The first kappa shape index (κ1) is 14.8. The first-order chi connectivity index (χ1) is 9.10. The van der Waals surface area contributed by atoms with Crippen molar-refractivity contribution in [2.24, 2.45) is 17.6 Å². The predicted octanol–water partition coefficient (Wildman–Crippen LogP) is 1.78. The molecule has 4 atom stereocenters. The van der Waals surface area contributed by atoms with Crippen LogP contribution in [-0.4, -0.2) is 43.2 Å². The van der Waals surface area contributed by atoms with E-state index in [0.29, 0.717) is 30.2 Å². The standard InChI is InChI=1S/C15H28N2O2/c1-11-6-7-17(10-14(11)19-2)15(18)9-12-4-3-5-13(16)8-12/h11-14H,3-10,16H2,1-2H3. The van der Waals surface area contributed by atoms with Gasteiger partial charge < -0.3 is 15.4 Å². The highest BCUT2D eigenvalue weighted by atomic mass is 16.5. The molecule has 1 saturated heterocycles. The summed E-state index contributed by atoms with van der Waals surface area (Å²) in [6.45, 7) is 3.85. The Hall–Kier alpha value is -0.610. The molecule has 4 nitrogen and oxygen atoms in total. The molecule has 1 saturated carbocycles. The molecule has 2 fully saturated rings. The van der Waals surface area contributed by atoms with Gasteiger partial charge in [-0.1, -0.05) is 13.3 Å². The average molecular weight is 268 g/mol. The Morgan fingerprint density at radius 3 is 2.84 bits per heavy atom. The molecule has 0 radical (unpaired) electrons. The van der Waals surface area contributed by atoms with Gasteiger partial charge >= 0.3 is 0 Å². The van der Waals surface area contributed by atoms with Crippen molar-refractivity contribution in [3.63, 3.8) is 0 Å². The number of nitrogens with zero attached hydrogens (tertiary/aromatic N) is 1. The first-order valence-electron chi connectivity index (χ1n) is 7.66. The van der Waals surface area contributed by atoms with Crippen LogP contribution in [0.25, 0.3) is 0 Å². The molecule has 0 spiro atoms. The average Bonchev–Trinajstić information content (AvgIpc) is 2.39. The third-order valence-electron chi connectivity index (χ3n) is 4.83. The Bertz CT molecular complexity index is 309. The van der Waals surface area contributed by atoms with Crippen molar-refractivity contribution in [3.05, 3.63) is 0 Å². The number of carbonyl (C=O) groups is 1. The number of piperidine rings is 1. The lowest BCUT2D eigenvalue weighted by molar-refractivity contribution is -0.137. The number of hydrogen-bond acceptors (Lipinski definition) is 3. The molecular formula is C15H28N2O2. The summed E-state index contributed by atoms with van der Waals surface area (Å²) < 4.78 is 5.48. The minimum absolute atomic E-state index is 0.200. The molecule has 2 N–H and O–H groups in total. The van der Waals surface area contributed by atoms with E-state index in [0.717, 1.165) is 38.8 Å². The van der Waals surface area contributed by atoms with Crippen molar-refractivity contribution in [2.75, 3.05) is 20.2 Å². The quantitative estimate of drug-likeness (QED) is 0.849. The van der Waals surface area contributed by atoms with Crippen LogP contribution in [-0.2, 0) is 9.53 Å². The van der Waals surface area contributed by atoms with Crippen molar-refractivity contribution < 1.29 is 9.53 Å². The summed E-state index contributed by atoms with van der Waals surface area (Å²) in [5.74, 6) is 1.35. The summed E-state index contributed by atoms with van der Waals surface area (Å²) in [6, 6.07) is 0.305. The number of nitrogens with two attached hydrogens (primary N) is 1. The second-order valence-electron chi connectivity index (χ2n) is 6.38. The van der Waals surface area contributed by atoms with Gasteiger partial charge in [-0.15, -0.1) is 0 Å². The Kier molecular flexibility index (Phi) is 5.22. The molecule has 0 aromatic carbocycles. The molecule has 0 aromatic rings. The number of hydrogen-bond donors (Lipinski definition) is 1. The monoisotopic (exact) mass is 268 g/mol. The Labute approximate surface area is 116 Å². The van der Waals surface area contributed by atoms with Gasteiger partial charge in [0.2, 0.25) is 5.91 Å². The van der Waals surface area contributed by atoms with Gasteiger partial charge in [0.1, 0.15) is 0 Å². The molecule has 0 aromatic heterocycles. The molecule has 1 aliphatic carbocycles. The summed E-state index contributed by atoms with van der Waals surface area (Å²) in [7, 11) is 1.75. The van der Waals surface area contributed by atoms with E-state index in [1.165, 1.54) is 6.42 Å². The second kappa shape index (κ2) is 6.71. The van der Waals surface area contributed by atoms with E-state index in [1.807, 2.05) is 4.90 Å². The maximum Gasteiger partial charge on any atom is 0.222 e. The van der Waals surface area contributed by atoms with Crippen LogP contribution in [0.15, 0.2) is 0 Å². The van der Waals surface area contributed by atoms with Crippen molar-refractivity contribution >= 4 is 5.91 Å². The molecule has 110 valence electrons. The normalized spacial score (nSPS) is 36.3. The lowest BCUT2D eigenvalue weighted by Crippen LogP contribution is -2.47. The van der Waals surface area contributed by atoms with Crippen molar-refractivity contribution in [1.82, 2.24) is 4.90 Å². The van der Waals surface area contributed by atoms with Gasteiger partial charge in [0.25, 0.3) is 0 Å². The number of amides is 1. The largest absolute Gasteiger partial charge is 0.379 e. The highest BCUT2D eigenvalue weighted by Crippen LogP contribution is 2.27. The van der Waals surface area contributed by atoms with Gasteiger partial charge in [-0.3, -0.25) is 4.79 Å². The number of likely N-dealkylation sites (tertiary alicyclic amines) is 1. The lowest BCUT2D eigenvalue weighted by atomic mass is 9.83. The first-order valence-corrected chi connectivity index (χ1v) is 7.66. The van der Waals surface area contributed by atoms with Crippen LogP contribution in [0.4, 0.5) is 0 Å². The minimum atomic E-state index is 0.200. The number of methoxy groups -OCH3 is 1. The zero-order chi connectivity index (χ0) is 13.8. The van der Waals surface area contributed by atoms with Crippen LogP contribution in [0.2, 0.25) is 0 Å². The summed E-state index contributed by atoms with van der Waals surface area (Å²) in [6.07, 6.45) is 6.41. The SMILES string of the molecule is COC1CN(C(=O)CC2CCCC(N)C2)CCC1C. The molecule has 1 amide bonds. The van der Waals surface area contributed by atoms with Gasteiger partial charge in [0.15, 0.2) is 0 Å². The maximum absolute atomic E-state index is 12.4. The Morgan fingerprint density at radius 1 is 1.37 bits per heavy atom. The summed E-state index contributed by atoms with van der Waals surface area (Å²) in [5.41, 5.74) is 6.00. The van der Waals surface area contributed by atoms with Crippen LogP contribution in [0.5, 0.6) is 0 Å². The van der Waals surface area contributed by atoms with Crippen LogP contribution in [0, 0.1) is 11.8 Å². The van der Waals surface area contributed by atoms with Gasteiger partial charge in [0, 0.05) is 32.7 Å². The van der Waals surface area contributed by atoms with E-state index in [1.54, 1.807) is 7.11 Å². The second-order valence-corrected chi connectivity index (χ2v) is 6.38. The van der Waals surface area contributed by atoms with Crippen LogP contribution in [0.3, 0.4) is 0 Å². The maximum atomic E-state index is 12.4. The molecule has 2 rings (SSSR count). The van der Waals surface area contributed by atoms with Crippen LogP contribution < -0.4 is 5.73 Å². The zero-order valence-electron chi connectivity index (χ0n) is 12.3. The molecule has 1 heterocycles. The minimum Gasteiger partial charge on any atom is -0.379 e. The van der Waals surface area contributed by atoms with Crippen molar-refractivity contribution in [2.45, 2.75) is 57.6 Å². The topological polar surface area (TPSA) is 55.6 Å². The van der Waals surface area contributed by atoms with Crippen molar-refractivity contribution in [1.29, 1.82) is 0 Å². The molecule has 2 aliphatic rings. The third-order valence-corrected chi connectivity index (χ3v) is 4.83. The number of carbonyl (C=O) groups excluding carboxylic acids is 1. The fourth-order valence-corrected chi connectivity index (χ4v) is 3.46. The fraction of sp³-hybridized carbons (Fsp3) is 0.933. The van der Waals surface area contributed by atoms with E-state index in [-0.39, 0.29) is 6.10 Å². The number of ether oxygens (including phenoxy) is 1. The van der Waals surface area contributed by atoms with E-state index >= 15 is 0 Å². The summed E-state index contributed by atoms with van der Waals surface area (Å²) in [4.78, 5) is 14.4. The Morgan fingerprint density at radius 2 is 2.16 bits per heavy atom. The highest BCUT2D eigenvalue weighted by molar-refractivity contribution is 5.76. The van der Waals surface area contributed by atoms with Crippen LogP contribution in [0.1, 0.15) is 45.4 Å². The Balaban J connectivity index is 1.82. The van der Waals surface area contributed by atoms with Gasteiger partial charge in [-0.25, -0.2) is 0 Å². The summed E-state index contributed by atoms with van der Waals surface area (Å²) in [5, 5.41) is 0. The molecule has 4 heteroatoms. The summed E-state index contributed by atoms with van der Waals surface area (Å²) >= 11 is 0. The van der Waals surface area contributed by atoms with E-state index in [4.69, 9.17) is 10.5 Å². The smallest absolute Gasteiger partial charge is 0.222 e. The highest BCUT2D eigenvalue weighted by Gasteiger charge is 2.30. The predicted molar refractivity (Wildman–Crippen MR) is 75.7 cm³/mol. The fourth-order valence-electron chi connectivity index (χ4n) is 3.46. The molecule has 19 heavy (non-hydrogen) atoms. The molecule has 4 unspecified atom stereocenters. The van der Waals surface area contributed by atoms with Gasteiger partial charge in [-0.05, 0) is 37.5 Å². The van der Waals surface area contributed by atoms with Crippen molar-refractivity contribution in [3.8, 4) is 0 Å². The molecular weight excluding hydrogens is 240 g/mol. The van der Waals surface area contributed by atoms with E-state index in [2.05, 4.69) is 6.92 Å². The van der Waals surface area contributed by atoms with Gasteiger partial charge in [0.05, 0.1) is 6.10 Å². The van der Waals surface area contributed by atoms with E-state index < -0.39 is 0 Å². The molecule has 1 aliphatic heterocycles.